The molecule has 0 bridgehead atoms. The summed E-state index contributed by atoms with van der Waals surface area (Å²) < 4.78 is 4.82. The van der Waals surface area contributed by atoms with Gasteiger partial charge in [0.2, 0.25) is 11.8 Å². The van der Waals surface area contributed by atoms with Gasteiger partial charge >= 0.3 is 5.97 Å². The molecule has 0 saturated heterocycles. The van der Waals surface area contributed by atoms with Gasteiger partial charge in [0, 0.05) is 11.4 Å². The van der Waals surface area contributed by atoms with E-state index in [-0.39, 0.29) is 35.6 Å². The number of aromatic nitrogens is 2. The molecule has 128 valence electrons. The zero-order valence-electron chi connectivity index (χ0n) is 12.6. The molecule has 2 aromatic heterocycles. The van der Waals surface area contributed by atoms with Gasteiger partial charge in [0.15, 0.2) is 11.5 Å². The van der Waals surface area contributed by atoms with Gasteiger partial charge in [0.1, 0.15) is 10.8 Å². The molecule has 0 radical (unpaired) electrons. The van der Waals surface area contributed by atoms with Crippen molar-refractivity contribution in [2.24, 2.45) is 0 Å². The molecule has 0 aliphatic rings. The summed E-state index contributed by atoms with van der Waals surface area (Å²) in [5.74, 6) is -0.537. The van der Waals surface area contributed by atoms with Crippen LogP contribution in [0.4, 0.5) is 5.82 Å². The summed E-state index contributed by atoms with van der Waals surface area (Å²) in [6.07, 6.45) is 0. The van der Waals surface area contributed by atoms with Gasteiger partial charge in [-0.3, -0.25) is 9.59 Å². The van der Waals surface area contributed by atoms with Crippen LogP contribution in [-0.2, 0) is 16.1 Å². The van der Waals surface area contributed by atoms with Gasteiger partial charge in [-0.15, -0.1) is 23.1 Å². The first-order valence-corrected chi connectivity index (χ1v) is 8.73. The van der Waals surface area contributed by atoms with Crippen molar-refractivity contribution in [3.8, 4) is 0 Å². The Bertz CT molecular complexity index is 742. The molecule has 0 aliphatic heterocycles. The van der Waals surface area contributed by atoms with E-state index in [1.165, 1.54) is 5.38 Å². The number of carbonyl (C=O) groups is 3. The number of hydrogen-bond donors (Lipinski definition) is 3. The van der Waals surface area contributed by atoms with Crippen LogP contribution < -0.4 is 10.6 Å². The minimum atomic E-state index is -1.10. The predicted molar refractivity (Wildman–Crippen MR) is 88.1 cm³/mol. The van der Waals surface area contributed by atoms with Crippen molar-refractivity contribution >= 4 is 46.7 Å². The number of carboxylic acids is 1. The van der Waals surface area contributed by atoms with Crippen LogP contribution in [0.5, 0.6) is 0 Å². The highest BCUT2D eigenvalue weighted by Gasteiger charge is 2.11. The molecule has 2 aromatic rings. The van der Waals surface area contributed by atoms with Gasteiger partial charge in [0.05, 0.1) is 18.1 Å². The second kappa shape index (κ2) is 8.45. The number of anilines is 1. The highest BCUT2D eigenvalue weighted by Crippen LogP contribution is 2.10. The molecule has 9 nitrogen and oxygen atoms in total. The van der Waals surface area contributed by atoms with Crippen LogP contribution in [0.3, 0.4) is 0 Å². The van der Waals surface area contributed by atoms with Gasteiger partial charge in [-0.2, -0.15) is 0 Å². The van der Waals surface area contributed by atoms with Gasteiger partial charge in [-0.1, -0.05) is 5.16 Å². The predicted octanol–water partition coefficient (Wildman–Crippen LogP) is 1.13. The molecule has 11 heteroatoms. The van der Waals surface area contributed by atoms with E-state index in [1.54, 1.807) is 13.0 Å². The normalized spacial score (nSPS) is 10.4. The Balaban J connectivity index is 1.63. The fourth-order valence-electron chi connectivity index (χ4n) is 1.56. The second-order valence-corrected chi connectivity index (χ2v) is 6.50. The number of thioether (sulfide) groups is 1. The third kappa shape index (κ3) is 5.66. The first-order chi connectivity index (χ1) is 11.4. The highest BCUT2D eigenvalue weighted by molar-refractivity contribution is 8.00. The molecule has 2 heterocycles. The van der Waals surface area contributed by atoms with Crippen molar-refractivity contribution < 1.29 is 24.0 Å². The number of thiazole rings is 1. The van der Waals surface area contributed by atoms with E-state index in [9.17, 15) is 14.4 Å². The van der Waals surface area contributed by atoms with E-state index >= 15 is 0 Å². The SMILES string of the molecule is Cc1cc(NC(=O)CSCC(=O)NCc2nc(C(=O)O)cs2)no1. The maximum atomic E-state index is 11.7. The third-order valence-corrected chi connectivity index (χ3v) is 4.35. The zero-order chi connectivity index (χ0) is 17.5. The summed E-state index contributed by atoms with van der Waals surface area (Å²) in [5, 5.41) is 19.5. The standard InChI is InChI=1S/C13H14N4O5S2/c1-7-2-9(17-22-7)16-11(19)6-23-5-10(18)14-3-12-15-8(4-24-12)13(20)21/h2,4H,3,5-6H2,1H3,(H,14,18)(H,20,21)(H,16,17,19). The van der Waals surface area contributed by atoms with Gasteiger partial charge < -0.3 is 20.3 Å². The lowest BCUT2D eigenvalue weighted by molar-refractivity contribution is -0.118. The Morgan fingerprint density at radius 1 is 1.33 bits per heavy atom. The Morgan fingerprint density at radius 2 is 2.08 bits per heavy atom. The van der Waals surface area contributed by atoms with Crippen molar-refractivity contribution in [1.82, 2.24) is 15.5 Å². The lowest BCUT2D eigenvalue weighted by atomic mass is 10.5. The maximum Gasteiger partial charge on any atom is 0.355 e. The van der Waals surface area contributed by atoms with Crippen molar-refractivity contribution in [3.05, 3.63) is 27.9 Å². The van der Waals surface area contributed by atoms with Crippen LogP contribution in [-0.4, -0.2) is 44.5 Å². The molecule has 0 saturated carbocycles. The van der Waals surface area contributed by atoms with E-state index in [1.807, 2.05) is 0 Å². The van der Waals surface area contributed by atoms with Crippen LogP contribution in [0.2, 0.25) is 0 Å². The summed E-state index contributed by atoms with van der Waals surface area (Å²) >= 11 is 2.31. The van der Waals surface area contributed by atoms with E-state index < -0.39 is 5.97 Å². The van der Waals surface area contributed by atoms with Crippen LogP contribution in [0, 0.1) is 6.92 Å². The molecule has 2 amide bonds. The number of aromatic carboxylic acids is 1. The zero-order valence-corrected chi connectivity index (χ0v) is 14.2. The number of nitrogens with one attached hydrogen (secondary N) is 2. The first-order valence-electron chi connectivity index (χ1n) is 6.69. The molecule has 0 unspecified atom stereocenters. The number of carbonyl (C=O) groups excluding carboxylic acids is 2. The van der Waals surface area contributed by atoms with Crippen molar-refractivity contribution in [2.45, 2.75) is 13.5 Å². The quantitative estimate of drug-likeness (QED) is 0.629. The molecule has 0 aliphatic carbocycles. The second-order valence-electron chi connectivity index (χ2n) is 4.57. The minimum absolute atomic E-state index is 0.0432. The Hall–Kier alpha value is -2.40. The van der Waals surface area contributed by atoms with Gasteiger partial charge in [0.25, 0.3) is 0 Å². The van der Waals surface area contributed by atoms with Crippen LogP contribution in [0.25, 0.3) is 0 Å². The smallest absolute Gasteiger partial charge is 0.355 e. The van der Waals surface area contributed by atoms with Crippen molar-refractivity contribution in [3.63, 3.8) is 0 Å². The number of amides is 2. The average molecular weight is 370 g/mol. The Kier molecular flexibility index (Phi) is 6.32. The van der Waals surface area contributed by atoms with Crippen molar-refractivity contribution in [1.29, 1.82) is 0 Å². The molecule has 24 heavy (non-hydrogen) atoms. The lowest BCUT2D eigenvalue weighted by Gasteiger charge is -2.03. The fourth-order valence-corrected chi connectivity index (χ4v) is 2.91. The summed E-state index contributed by atoms with van der Waals surface area (Å²) in [4.78, 5) is 37.9. The number of aryl methyl sites for hydroxylation is 1. The highest BCUT2D eigenvalue weighted by atomic mass is 32.2. The van der Waals surface area contributed by atoms with Crippen LogP contribution in [0.1, 0.15) is 21.3 Å². The number of nitrogens with zero attached hydrogens (tertiary/aromatic N) is 2. The number of hydrogen-bond acceptors (Lipinski definition) is 8. The Morgan fingerprint density at radius 3 is 2.71 bits per heavy atom. The van der Waals surface area contributed by atoms with Gasteiger partial charge in [-0.05, 0) is 6.92 Å². The van der Waals surface area contributed by atoms with E-state index in [2.05, 4.69) is 20.8 Å². The molecule has 3 N–H and O–H groups in total. The summed E-state index contributed by atoms with van der Waals surface area (Å²) in [6, 6.07) is 1.59. The molecule has 0 aromatic carbocycles. The number of carboxylic acid groups (broad SMARTS) is 1. The van der Waals surface area contributed by atoms with Gasteiger partial charge in [-0.25, -0.2) is 9.78 Å². The molecule has 0 atom stereocenters. The van der Waals surface area contributed by atoms with E-state index in [0.717, 1.165) is 23.1 Å². The summed E-state index contributed by atoms with van der Waals surface area (Å²) in [6.45, 7) is 1.87. The molecular weight excluding hydrogens is 356 g/mol. The average Bonchev–Trinajstić information content (AvgIpc) is 3.14. The van der Waals surface area contributed by atoms with E-state index in [4.69, 9.17) is 9.63 Å². The fraction of sp³-hybridized carbons (Fsp3) is 0.308. The van der Waals surface area contributed by atoms with Crippen LogP contribution in [0.15, 0.2) is 16.0 Å². The van der Waals surface area contributed by atoms with Crippen LogP contribution >= 0.6 is 23.1 Å². The largest absolute Gasteiger partial charge is 0.476 e. The lowest BCUT2D eigenvalue weighted by Crippen LogP contribution is -2.25. The first kappa shape index (κ1) is 17.9. The monoisotopic (exact) mass is 370 g/mol. The number of rotatable bonds is 8. The van der Waals surface area contributed by atoms with Crippen molar-refractivity contribution in [2.75, 3.05) is 16.8 Å². The molecular formula is C13H14N4O5S2. The summed E-state index contributed by atoms with van der Waals surface area (Å²) in [7, 11) is 0. The minimum Gasteiger partial charge on any atom is -0.476 e. The maximum absolute atomic E-state index is 11.7. The summed E-state index contributed by atoms with van der Waals surface area (Å²) in [5.41, 5.74) is -0.0432. The Labute approximate surface area is 144 Å². The topological polar surface area (TPSA) is 134 Å². The van der Waals surface area contributed by atoms with E-state index in [0.29, 0.717) is 16.6 Å². The third-order valence-electron chi connectivity index (χ3n) is 2.57. The molecule has 0 spiro atoms. The molecule has 0 fully saturated rings. The molecule has 2 rings (SSSR count).